The largest absolute Gasteiger partial charge is 0.383 e. The maximum Gasteiger partial charge on any atom is 0.253 e. The molecule has 0 saturated carbocycles. The molecule has 0 aromatic heterocycles. The van der Waals surface area contributed by atoms with E-state index in [2.05, 4.69) is 5.43 Å². The Labute approximate surface area is 94.0 Å². The first-order valence-electron chi connectivity index (χ1n) is 5.16. The highest BCUT2D eigenvalue weighted by atomic mass is 16.5. The first kappa shape index (κ1) is 12.9. The van der Waals surface area contributed by atoms with E-state index in [1.54, 1.807) is 4.90 Å². The van der Waals surface area contributed by atoms with Gasteiger partial charge < -0.3 is 10.5 Å². The van der Waals surface area contributed by atoms with Crippen molar-refractivity contribution in [1.29, 1.82) is 0 Å². The van der Waals surface area contributed by atoms with Gasteiger partial charge in [0.05, 0.1) is 12.6 Å². The molecule has 7 heteroatoms. The Kier molecular flexibility index (Phi) is 4.66. The van der Waals surface area contributed by atoms with E-state index >= 15 is 0 Å². The summed E-state index contributed by atoms with van der Waals surface area (Å²) in [7, 11) is 1.49. The van der Waals surface area contributed by atoms with Crippen LogP contribution < -0.4 is 17.0 Å². The van der Waals surface area contributed by atoms with Crippen LogP contribution in [0.25, 0.3) is 0 Å². The third kappa shape index (κ3) is 2.69. The number of hydrazine groups is 1. The highest BCUT2D eigenvalue weighted by molar-refractivity contribution is 5.84. The number of carbonyl (C=O) groups is 2. The highest BCUT2D eigenvalue weighted by Crippen LogP contribution is 2.20. The first-order valence-corrected chi connectivity index (χ1v) is 5.16. The van der Waals surface area contributed by atoms with Crippen molar-refractivity contribution >= 4 is 11.8 Å². The minimum absolute atomic E-state index is 0.187. The number of nitrogens with one attached hydrogen (secondary N) is 1. The van der Waals surface area contributed by atoms with Crippen molar-refractivity contribution in [3.05, 3.63) is 0 Å². The average Bonchev–Trinajstić information content (AvgIpc) is 2.73. The Morgan fingerprint density at radius 1 is 1.62 bits per heavy atom. The Bertz CT molecular complexity index is 271. The molecule has 0 radical (unpaired) electrons. The first-order chi connectivity index (χ1) is 7.61. The Balaban J connectivity index is 2.76. The summed E-state index contributed by atoms with van der Waals surface area (Å²) in [5.41, 5.74) is 7.35. The van der Waals surface area contributed by atoms with Gasteiger partial charge in [-0.15, -0.1) is 0 Å². The van der Waals surface area contributed by atoms with Gasteiger partial charge in [0.2, 0.25) is 5.91 Å². The Morgan fingerprint density at radius 3 is 2.81 bits per heavy atom. The number of likely N-dealkylation sites (tertiary alicyclic amines) is 1. The zero-order valence-corrected chi connectivity index (χ0v) is 9.31. The molecule has 5 N–H and O–H groups in total. The second-order valence-corrected chi connectivity index (χ2v) is 3.78. The Morgan fingerprint density at radius 2 is 2.31 bits per heavy atom. The smallest absolute Gasteiger partial charge is 0.253 e. The predicted octanol–water partition coefficient (Wildman–Crippen LogP) is -2.06. The molecule has 1 aliphatic rings. The van der Waals surface area contributed by atoms with Crippen molar-refractivity contribution < 1.29 is 14.3 Å². The zero-order chi connectivity index (χ0) is 12.1. The van der Waals surface area contributed by atoms with Gasteiger partial charge in [0.25, 0.3) is 5.91 Å². The van der Waals surface area contributed by atoms with E-state index in [1.807, 2.05) is 0 Å². The predicted molar refractivity (Wildman–Crippen MR) is 56.9 cm³/mol. The molecule has 1 rings (SSSR count). The van der Waals surface area contributed by atoms with Gasteiger partial charge in [-0.2, -0.15) is 0 Å². The number of nitrogens with two attached hydrogens (primary N) is 2. The summed E-state index contributed by atoms with van der Waals surface area (Å²) in [6.07, 6.45) is 1.51. The molecule has 2 amide bonds. The van der Waals surface area contributed by atoms with Crippen molar-refractivity contribution in [2.24, 2.45) is 11.6 Å². The van der Waals surface area contributed by atoms with Gasteiger partial charge in [-0.25, -0.2) is 5.84 Å². The lowest BCUT2D eigenvalue weighted by Gasteiger charge is -2.29. The van der Waals surface area contributed by atoms with Crippen LogP contribution in [-0.2, 0) is 14.3 Å². The van der Waals surface area contributed by atoms with Crippen LogP contribution in [0.2, 0.25) is 0 Å². The van der Waals surface area contributed by atoms with Gasteiger partial charge >= 0.3 is 0 Å². The monoisotopic (exact) mass is 230 g/mol. The van der Waals surface area contributed by atoms with Crippen LogP contribution in [0.1, 0.15) is 12.8 Å². The van der Waals surface area contributed by atoms with E-state index in [1.165, 1.54) is 7.11 Å². The summed E-state index contributed by atoms with van der Waals surface area (Å²) < 4.78 is 4.96. The maximum absolute atomic E-state index is 11.5. The van der Waals surface area contributed by atoms with E-state index < -0.39 is 18.0 Å². The number of nitrogens with zero attached hydrogens (tertiary/aromatic N) is 1. The molecule has 0 aromatic rings. The van der Waals surface area contributed by atoms with Gasteiger partial charge in [-0.05, 0) is 19.4 Å². The fourth-order valence-corrected chi connectivity index (χ4v) is 2.04. The summed E-state index contributed by atoms with van der Waals surface area (Å²) in [5.74, 6) is 4.32. The van der Waals surface area contributed by atoms with Crippen LogP contribution in [0.5, 0.6) is 0 Å². The number of primary amides is 1. The van der Waals surface area contributed by atoms with E-state index in [9.17, 15) is 9.59 Å². The Hall–Kier alpha value is -1.18. The zero-order valence-electron chi connectivity index (χ0n) is 9.31. The van der Waals surface area contributed by atoms with Crippen molar-refractivity contribution in [3.8, 4) is 0 Å². The molecule has 2 unspecified atom stereocenters. The molecular weight excluding hydrogens is 212 g/mol. The van der Waals surface area contributed by atoms with Crippen molar-refractivity contribution in [3.63, 3.8) is 0 Å². The molecule has 92 valence electrons. The van der Waals surface area contributed by atoms with E-state index in [0.717, 1.165) is 6.42 Å². The second-order valence-electron chi connectivity index (χ2n) is 3.78. The van der Waals surface area contributed by atoms with E-state index in [0.29, 0.717) is 13.0 Å². The normalized spacial score (nSPS) is 23.0. The lowest BCUT2D eigenvalue weighted by Crippen LogP contribution is -2.55. The summed E-state index contributed by atoms with van der Waals surface area (Å²) in [4.78, 5) is 24.5. The summed E-state index contributed by atoms with van der Waals surface area (Å²) in [6.45, 7) is 0.835. The third-order valence-electron chi connectivity index (χ3n) is 2.79. The van der Waals surface area contributed by atoms with Crippen LogP contribution in [0.15, 0.2) is 0 Å². The summed E-state index contributed by atoms with van der Waals surface area (Å²) in [6, 6.07) is -0.965. The molecule has 0 aliphatic carbocycles. The quantitative estimate of drug-likeness (QED) is 0.286. The molecule has 0 spiro atoms. The number of hydrogen-bond acceptors (Lipinski definition) is 5. The van der Waals surface area contributed by atoms with Crippen molar-refractivity contribution in [2.45, 2.75) is 24.9 Å². The fraction of sp³-hybridized carbons (Fsp3) is 0.778. The SMILES string of the molecule is COCC(C(=O)NN)N1CCCC1C(N)=O. The average molecular weight is 230 g/mol. The fourth-order valence-electron chi connectivity index (χ4n) is 2.04. The number of ether oxygens (including phenoxy) is 1. The molecule has 0 aromatic carbocycles. The second kappa shape index (κ2) is 5.78. The molecule has 0 bridgehead atoms. The van der Waals surface area contributed by atoms with Crippen molar-refractivity contribution in [1.82, 2.24) is 10.3 Å². The van der Waals surface area contributed by atoms with Gasteiger partial charge in [0, 0.05) is 7.11 Å². The number of amides is 2. The molecule has 1 heterocycles. The van der Waals surface area contributed by atoms with Gasteiger partial charge in [0.1, 0.15) is 6.04 Å². The topological polar surface area (TPSA) is 111 Å². The van der Waals surface area contributed by atoms with E-state index in [-0.39, 0.29) is 12.5 Å². The van der Waals surface area contributed by atoms with Gasteiger partial charge in [-0.3, -0.25) is 19.9 Å². The molecule has 2 atom stereocenters. The molecule has 1 fully saturated rings. The van der Waals surface area contributed by atoms with Crippen LogP contribution in [0.4, 0.5) is 0 Å². The number of hydrogen-bond donors (Lipinski definition) is 3. The molecule has 1 saturated heterocycles. The van der Waals surface area contributed by atoms with Gasteiger partial charge in [-0.1, -0.05) is 0 Å². The van der Waals surface area contributed by atoms with Crippen LogP contribution in [0.3, 0.4) is 0 Å². The molecule has 16 heavy (non-hydrogen) atoms. The lowest BCUT2D eigenvalue weighted by molar-refractivity contribution is -0.131. The van der Waals surface area contributed by atoms with Crippen LogP contribution in [0, 0.1) is 0 Å². The van der Waals surface area contributed by atoms with Gasteiger partial charge in [0.15, 0.2) is 0 Å². The highest BCUT2D eigenvalue weighted by Gasteiger charge is 2.37. The minimum Gasteiger partial charge on any atom is -0.383 e. The standard InChI is InChI=1S/C9H18N4O3/c1-16-5-7(9(15)12-11)13-4-2-3-6(13)8(10)14/h6-7H,2-5,11H2,1H3,(H2,10,14)(H,12,15). The summed E-state index contributed by atoms with van der Waals surface area (Å²) in [5, 5.41) is 0. The van der Waals surface area contributed by atoms with Crippen molar-refractivity contribution in [2.75, 3.05) is 20.3 Å². The lowest BCUT2D eigenvalue weighted by atomic mass is 10.1. The molecule has 7 nitrogen and oxygen atoms in total. The molecular formula is C9H18N4O3. The third-order valence-corrected chi connectivity index (χ3v) is 2.79. The summed E-state index contributed by atoms with van der Waals surface area (Å²) >= 11 is 0. The van der Waals surface area contributed by atoms with Crippen LogP contribution >= 0.6 is 0 Å². The number of carbonyl (C=O) groups excluding carboxylic acids is 2. The minimum atomic E-state index is -0.560. The van der Waals surface area contributed by atoms with Crippen LogP contribution in [-0.4, -0.2) is 49.1 Å². The van der Waals surface area contributed by atoms with E-state index in [4.69, 9.17) is 16.3 Å². The number of rotatable bonds is 5. The number of methoxy groups -OCH3 is 1. The molecule has 1 aliphatic heterocycles. The maximum atomic E-state index is 11.5.